The third kappa shape index (κ3) is 4.98. The van der Waals surface area contributed by atoms with E-state index in [0.29, 0.717) is 35.0 Å². The summed E-state index contributed by atoms with van der Waals surface area (Å²) in [4.78, 5) is 28.0. The molecule has 4 rings (SSSR count). The summed E-state index contributed by atoms with van der Waals surface area (Å²) in [5.74, 6) is 1.22. The highest BCUT2D eigenvalue weighted by atomic mass is 16.5. The Labute approximate surface area is 191 Å². The molecule has 3 aromatic rings. The average molecular weight is 451 g/mol. The van der Waals surface area contributed by atoms with Crippen molar-refractivity contribution in [1.29, 1.82) is 0 Å². The molecular weight excluding hydrogens is 426 g/mol. The normalized spacial score (nSPS) is 15.4. The third-order valence-electron chi connectivity index (χ3n) is 5.36. The zero-order chi connectivity index (χ0) is 23.2. The fourth-order valence-corrected chi connectivity index (χ4v) is 3.64. The van der Waals surface area contributed by atoms with Gasteiger partial charge in [0, 0.05) is 25.6 Å². The van der Waals surface area contributed by atoms with Crippen molar-refractivity contribution in [3.05, 3.63) is 78.1 Å². The number of carbonyl (C=O) groups excluding carboxylic acids is 2. The summed E-state index contributed by atoms with van der Waals surface area (Å²) in [6, 6.07) is 13.5. The van der Waals surface area contributed by atoms with Gasteiger partial charge in [-0.25, -0.2) is 5.01 Å². The monoisotopic (exact) mass is 451 g/mol. The molecule has 9 nitrogen and oxygen atoms in total. The van der Waals surface area contributed by atoms with Crippen LogP contribution in [0.2, 0.25) is 0 Å². The Morgan fingerprint density at radius 3 is 2.48 bits per heavy atom. The molecule has 0 aliphatic carbocycles. The van der Waals surface area contributed by atoms with E-state index in [9.17, 15) is 9.59 Å². The Hall–Kier alpha value is -3.85. The van der Waals surface area contributed by atoms with Gasteiger partial charge in [-0.3, -0.25) is 9.59 Å². The van der Waals surface area contributed by atoms with Crippen LogP contribution in [0.15, 0.2) is 75.0 Å². The molecule has 172 valence electrons. The van der Waals surface area contributed by atoms with Crippen LogP contribution in [-0.4, -0.2) is 61.4 Å². The molecule has 3 heterocycles. The molecular formula is C24H25N3O6. The number of amides is 2. The van der Waals surface area contributed by atoms with Gasteiger partial charge in [-0.05, 0) is 48.5 Å². The molecule has 33 heavy (non-hydrogen) atoms. The molecule has 1 unspecified atom stereocenters. The second kappa shape index (κ2) is 10.2. The summed E-state index contributed by atoms with van der Waals surface area (Å²) in [5, 5.41) is 5.89. The first kappa shape index (κ1) is 22.3. The van der Waals surface area contributed by atoms with Gasteiger partial charge in [0.05, 0.1) is 26.2 Å². The van der Waals surface area contributed by atoms with Gasteiger partial charge in [-0.1, -0.05) is 0 Å². The zero-order valence-corrected chi connectivity index (χ0v) is 18.5. The van der Waals surface area contributed by atoms with E-state index in [-0.39, 0.29) is 31.5 Å². The summed E-state index contributed by atoms with van der Waals surface area (Å²) in [5.41, 5.74) is 1.09. The lowest BCUT2D eigenvalue weighted by atomic mass is 10.1. The van der Waals surface area contributed by atoms with Crippen molar-refractivity contribution in [2.45, 2.75) is 12.5 Å². The van der Waals surface area contributed by atoms with E-state index >= 15 is 0 Å². The molecule has 0 saturated heterocycles. The first-order chi connectivity index (χ1) is 16.1. The molecule has 0 radical (unpaired) electrons. The Balaban J connectivity index is 1.56. The van der Waals surface area contributed by atoms with Crippen molar-refractivity contribution in [2.75, 3.05) is 33.9 Å². The number of furan rings is 2. The van der Waals surface area contributed by atoms with Crippen molar-refractivity contribution in [1.82, 2.24) is 9.91 Å². The van der Waals surface area contributed by atoms with E-state index in [1.807, 2.05) is 0 Å². The van der Waals surface area contributed by atoms with Gasteiger partial charge >= 0.3 is 0 Å². The van der Waals surface area contributed by atoms with Crippen molar-refractivity contribution >= 4 is 17.5 Å². The molecule has 2 aromatic heterocycles. The van der Waals surface area contributed by atoms with Crippen LogP contribution in [0.1, 0.15) is 34.3 Å². The zero-order valence-electron chi connectivity index (χ0n) is 18.5. The summed E-state index contributed by atoms with van der Waals surface area (Å²) < 4.78 is 21.3. The third-order valence-corrected chi connectivity index (χ3v) is 5.36. The summed E-state index contributed by atoms with van der Waals surface area (Å²) >= 11 is 0. The van der Waals surface area contributed by atoms with E-state index in [0.717, 1.165) is 0 Å². The molecule has 1 aliphatic heterocycles. The number of hydrazone groups is 1. The Morgan fingerprint density at radius 1 is 1.09 bits per heavy atom. The lowest BCUT2D eigenvalue weighted by Gasteiger charge is -2.26. The Kier molecular flexibility index (Phi) is 6.89. The molecule has 0 saturated carbocycles. The Morgan fingerprint density at radius 2 is 1.85 bits per heavy atom. The van der Waals surface area contributed by atoms with E-state index < -0.39 is 6.04 Å². The number of ether oxygens (including phenoxy) is 2. The molecule has 9 heteroatoms. The quantitative estimate of drug-likeness (QED) is 0.495. The lowest BCUT2D eigenvalue weighted by molar-refractivity contribution is -0.134. The molecule has 0 bridgehead atoms. The number of methoxy groups -OCH3 is 2. The van der Waals surface area contributed by atoms with Gasteiger partial charge in [0.15, 0.2) is 0 Å². The van der Waals surface area contributed by atoms with Crippen molar-refractivity contribution < 1.29 is 27.9 Å². The number of hydrogen-bond acceptors (Lipinski definition) is 7. The maximum absolute atomic E-state index is 13.4. The maximum Gasteiger partial charge on any atom is 0.262 e. The van der Waals surface area contributed by atoms with Gasteiger partial charge in [0.1, 0.15) is 35.6 Å². The van der Waals surface area contributed by atoms with Gasteiger partial charge < -0.3 is 23.2 Å². The number of benzene rings is 1. The Bertz CT molecular complexity index is 1090. The van der Waals surface area contributed by atoms with Crippen LogP contribution in [0.3, 0.4) is 0 Å². The van der Waals surface area contributed by atoms with E-state index in [1.165, 1.54) is 9.91 Å². The van der Waals surface area contributed by atoms with Gasteiger partial charge in [0.25, 0.3) is 11.8 Å². The fraction of sp³-hybridized carbons (Fsp3) is 0.292. The van der Waals surface area contributed by atoms with Crippen molar-refractivity contribution in [3.63, 3.8) is 0 Å². The number of rotatable bonds is 9. The van der Waals surface area contributed by atoms with Crippen LogP contribution in [0.25, 0.3) is 0 Å². The largest absolute Gasteiger partial charge is 0.497 e. The standard InChI is InChI=1S/C24H25N3O6/c1-30-14-11-26(24(29)17-7-9-18(31-2)10-8-17)16-23(28)27-20(22-6-4-13-33-22)15-19(25-27)21-5-3-12-32-21/h3-10,12-13,20H,11,14-16H2,1-2H3. The van der Waals surface area contributed by atoms with E-state index in [4.69, 9.17) is 18.3 Å². The second-order valence-corrected chi connectivity index (χ2v) is 7.45. The topological polar surface area (TPSA) is 97.7 Å². The SMILES string of the molecule is COCCN(CC(=O)N1N=C(c2ccco2)CC1c1ccco1)C(=O)c1ccc(OC)cc1. The molecule has 0 fully saturated rings. The van der Waals surface area contributed by atoms with Crippen LogP contribution in [0.5, 0.6) is 5.75 Å². The molecule has 1 atom stereocenters. The summed E-state index contributed by atoms with van der Waals surface area (Å²) in [7, 11) is 3.11. The highest BCUT2D eigenvalue weighted by Gasteiger charge is 2.36. The van der Waals surface area contributed by atoms with Crippen LogP contribution < -0.4 is 4.74 Å². The average Bonchev–Trinajstić information content (AvgIpc) is 3.62. The highest BCUT2D eigenvalue weighted by molar-refractivity contribution is 6.02. The minimum absolute atomic E-state index is 0.166. The fourth-order valence-electron chi connectivity index (χ4n) is 3.64. The predicted octanol–water partition coefficient (Wildman–Crippen LogP) is 3.35. The van der Waals surface area contributed by atoms with Gasteiger partial charge in [0.2, 0.25) is 0 Å². The van der Waals surface area contributed by atoms with Gasteiger partial charge in [-0.15, -0.1) is 0 Å². The van der Waals surface area contributed by atoms with E-state index in [1.54, 1.807) is 75.3 Å². The molecule has 0 spiro atoms. The second-order valence-electron chi connectivity index (χ2n) is 7.45. The number of carbonyl (C=O) groups is 2. The first-order valence-electron chi connectivity index (χ1n) is 10.5. The van der Waals surface area contributed by atoms with E-state index in [2.05, 4.69) is 5.10 Å². The van der Waals surface area contributed by atoms with Crippen LogP contribution >= 0.6 is 0 Å². The van der Waals surface area contributed by atoms with Crippen molar-refractivity contribution in [3.8, 4) is 5.75 Å². The van der Waals surface area contributed by atoms with Crippen molar-refractivity contribution in [2.24, 2.45) is 5.10 Å². The minimum Gasteiger partial charge on any atom is -0.497 e. The lowest BCUT2D eigenvalue weighted by Crippen LogP contribution is -2.42. The molecule has 2 amide bonds. The highest BCUT2D eigenvalue weighted by Crippen LogP contribution is 2.33. The summed E-state index contributed by atoms with van der Waals surface area (Å²) in [6.45, 7) is 0.374. The smallest absolute Gasteiger partial charge is 0.262 e. The van der Waals surface area contributed by atoms with Crippen LogP contribution in [-0.2, 0) is 9.53 Å². The van der Waals surface area contributed by atoms with Crippen LogP contribution in [0, 0.1) is 0 Å². The summed E-state index contributed by atoms with van der Waals surface area (Å²) in [6.07, 6.45) is 3.56. The minimum atomic E-state index is -0.423. The predicted molar refractivity (Wildman–Crippen MR) is 119 cm³/mol. The first-order valence-corrected chi connectivity index (χ1v) is 10.5. The number of nitrogens with zero attached hydrogens (tertiary/aromatic N) is 3. The molecule has 1 aliphatic rings. The van der Waals surface area contributed by atoms with Crippen LogP contribution in [0.4, 0.5) is 0 Å². The van der Waals surface area contributed by atoms with Gasteiger partial charge in [-0.2, -0.15) is 5.10 Å². The number of hydrogen-bond donors (Lipinski definition) is 0. The maximum atomic E-state index is 13.4. The molecule has 1 aromatic carbocycles. The molecule has 0 N–H and O–H groups in total.